The van der Waals surface area contributed by atoms with Crippen LogP contribution in [0, 0.1) is 0 Å². The minimum absolute atomic E-state index is 0.107. The third-order valence-corrected chi connectivity index (χ3v) is 3.33. The second kappa shape index (κ2) is 8.54. The van der Waals surface area contributed by atoms with Gasteiger partial charge in [0.25, 0.3) is 6.41 Å². The van der Waals surface area contributed by atoms with Crippen molar-refractivity contribution in [2.45, 2.75) is 84.1 Å². The molecule has 1 saturated heterocycles. The van der Waals surface area contributed by atoms with Gasteiger partial charge < -0.3 is 9.47 Å². The molecule has 4 heteroatoms. The fourth-order valence-electron chi connectivity index (χ4n) is 2.15. The quantitative estimate of drug-likeness (QED) is 0.516. The SMILES string of the molecule is CCCCCCCCCC(=O)OC1NC(C)(C)CO1. The second-order valence-electron chi connectivity index (χ2n) is 6.03. The van der Waals surface area contributed by atoms with Gasteiger partial charge in [-0.25, -0.2) is 0 Å². The van der Waals surface area contributed by atoms with Crippen molar-refractivity contribution in [1.82, 2.24) is 5.32 Å². The van der Waals surface area contributed by atoms with E-state index in [0.29, 0.717) is 13.0 Å². The molecular weight excluding hydrogens is 242 g/mol. The predicted octanol–water partition coefficient (Wildman–Crippen LogP) is 3.35. The van der Waals surface area contributed by atoms with E-state index in [0.717, 1.165) is 12.8 Å². The minimum atomic E-state index is -0.563. The Morgan fingerprint density at radius 2 is 1.84 bits per heavy atom. The predicted molar refractivity (Wildman–Crippen MR) is 75.7 cm³/mol. The maximum atomic E-state index is 11.6. The topological polar surface area (TPSA) is 47.6 Å². The highest BCUT2D eigenvalue weighted by atomic mass is 16.7. The van der Waals surface area contributed by atoms with Gasteiger partial charge in [-0.3, -0.25) is 10.1 Å². The summed E-state index contributed by atoms with van der Waals surface area (Å²) < 4.78 is 10.6. The molecule has 0 aromatic carbocycles. The van der Waals surface area contributed by atoms with Crippen molar-refractivity contribution in [3.63, 3.8) is 0 Å². The second-order valence-corrected chi connectivity index (χ2v) is 6.03. The van der Waals surface area contributed by atoms with Gasteiger partial charge in [0, 0.05) is 12.0 Å². The molecule has 0 saturated carbocycles. The van der Waals surface area contributed by atoms with E-state index in [-0.39, 0.29) is 11.5 Å². The Labute approximate surface area is 117 Å². The molecule has 19 heavy (non-hydrogen) atoms. The lowest BCUT2D eigenvalue weighted by molar-refractivity contribution is -0.173. The maximum absolute atomic E-state index is 11.6. The summed E-state index contributed by atoms with van der Waals surface area (Å²) in [5, 5.41) is 3.12. The van der Waals surface area contributed by atoms with Gasteiger partial charge in [-0.1, -0.05) is 45.4 Å². The minimum Gasteiger partial charge on any atom is -0.421 e. The summed E-state index contributed by atoms with van der Waals surface area (Å²) in [6, 6.07) is 0. The molecule has 1 fully saturated rings. The fraction of sp³-hybridized carbons (Fsp3) is 0.933. The van der Waals surface area contributed by atoms with Crippen LogP contribution in [-0.4, -0.2) is 24.5 Å². The van der Waals surface area contributed by atoms with Crippen LogP contribution in [0.3, 0.4) is 0 Å². The van der Waals surface area contributed by atoms with E-state index in [9.17, 15) is 4.79 Å². The summed E-state index contributed by atoms with van der Waals surface area (Å²) >= 11 is 0. The average Bonchev–Trinajstić information content (AvgIpc) is 2.67. The Balaban J connectivity index is 1.97. The summed E-state index contributed by atoms with van der Waals surface area (Å²) in [5.74, 6) is -0.163. The molecule has 1 N–H and O–H groups in total. The number of hydrogen-bond donors (Lipinski definition) is 1. The lowest BCUT2D eigenvalue weighted by Crippen LogP contribution is -2.40. The van der Waals surface area contributed by atoms with Crippen LogP contribution in [0.5, 0.6) is 0 Å². The molecule has 0 amide bonds. The van der Waals surface area contributed by atoms with E-state index in [2.05, 4.69) is 12.2 Å². The monoisotopic (exact) mass is 271 g/mol. The summed E-state index contributed by atoms with van der Waals surface area (Å²) in [5.41, 5.74) is -0.107. The summed E-state index contributed by atoms with van der Waals surface area (Å²) in [6.45, 7) is 6.84. The molecule has 1 atom stereocenters. The average molecular weight is 271 g/mol. The summed E-state index contributed by atoms with van der Waals surface area (Å²) in [7, 11) is 0. The summed E-state index contributed by atoms with van der Waals surface area (Å²) in [6.07, 6.45) is 8.38. The highest BCUT2D eigenvalue weighted by molar-refractivity contribution is 5.69. The third kappa shape index (κ3) is 7.53. The van der Waals surface area contributed by atoms with Crippen LogP contribution in [-0.2, 0) is 14.3 Å². The van der Waals surface area contributed by atoms with E-state index in [1.54, 1.807) is 0 Å². The van der Waals surface area contributed by atoms with Gasteiger partial charge in [-0.05, 0) is 20.3 Å². The highest BCUT2D eigenvalue weighted by Crippen LogP contribution is 2.15. The molecule has 0 bridgehead atoms. The number of nitrogens with one attached hydrogen (secondary N) is 1. The number of carbonyl (C=O) groups excluding carboxylic acids is 1. The van der Waals surface area contributed by atoms with Gasteiger partial charge in [-0.2, -0.15) is 0 Å². The van der Waals surface area contributed by atoms with E-state index >= 15 is 0 Å². The molecule has 0 aromatic heterocycles. The van der Waals surface area contributed by atoms with Crippen LogP contribution in [0.4, 0.5) is 0 Å². The largest absolute Gasteiger partial charge is 0.421 e. The van der Waals surface area contributed by atoms with Gasteiger partial charge in [0.2, 0.25) is 0 Å². The lowest BCUT2D eigenvalue weighted by Gasteiger charge is -2.16. The van der Waals surface area contributed by atoms with Crippen LogP contribution in [0.25, 0.3) is 0 Å². The molecule has 1 aliphatic heterocycles. The van der Waals surface area contributed by atoms with Crippen molar-refractivity contribution in [2.24, 2.45) is 0 Å². The van der Waals surface area contributed by atoms with Gasteiger partial charge in [0.1, 0.15) is 0 Å². The Morgan fingerprint density at radius 3 is 2.42 bits per heavy atom. The first-order chi connectivity index (χ1) is 9.03. The molecule has 4 nitrogen and oxygen atoms in total. The smallest absolute Gasteiger partial charge is 0.309 e. The van der Waals surface area contributed by atoms with Gasteiger partial charge in [-0.15, -0.1) is 0 Å². The molecule has 0 radical (unpaired) electrons. The Kier molecular flexibility index (Phi) is 7.39. The molecule has 0 aromatic rings. The molecule has 0 spiro atoms. The molecule has 1 rings (SSSR count). The highest BCUT2D eigenvalue weighted by Gasteiger charge is 2.32. The molecule has 0 aliphatic carbocycles. The Bertz CT molecular complexity index is 266. The molecule has 1 unspecified atom stereocenters. The van der Waals surface area contributed by atoms with E-state index in [4.69, 9.17) is 9.47 Å². The number of carbonyl (C=O) groups is 1. The van der Waals surface area contributed by atoms with Gasteiger partial charge in [0.15, 0.2) is 0 Å². The van der Waals surface area contributed by atoms with Crippen molar-refractivity contribution in [3.05, 3.63) is 0 Å². The van der Waals surface area contributed by atoms with Crippen LogP contribution < -0.4 is 5.32 Å². The van der Waals surface area contributed by atoms with Crippen LogP contribution in [0.2, 0.25) is 0 Å². The van der Waals surface area contributed by atoms with Crippen LogP contribution >= 0.6 is 0 Å². The normalized spacial score (nSPS) is 21.5. The van der Waals surface area contributed by atoms with E-state index in [1.807, 2.05) is 13.8 Å². The molecule has 1 aliphatic rings. The van der Waals surface area contributed by atoms with E-state index < -0.39 is 6.41 Å². The maximum Gasteiger partial charge on any atom is 0.309 e. The zero-order valence-corrected chi connectivity index (χ0v) is 12.7. The first-order valence-corrected chi connectivity index (χ1v) is 7.62. The van der Waals surface area contributed by atoms with E-state index in [1.165, 1.54) is 32.1 Å². The molecule has 1 heterocycles. The number of hydrogen-bond acceptors (Lipinski definition) is 4. The molecule has 112 valence electrons. The van der Waals surface area contributed by atoms with Crippen molar-refractivity contribution >= 4 is 5.97 Å². The van der Waals surface area contributed by atoms with Crippen LogP contribution in [0.15, 0.2) is 0 Å². The zero-order chi connectivity index (χ0) is 14.1. The standard InChI is InChI=1S/C15H29NO3/c1-4-5-6-7-8-9-10-11-13(17)19-14-16-15(2,3)12-18-14/h14,16H,4-12H2,1-3H3. The number of ether oxygens (including phenoxy) is 2. The summed E-state index contributed by atoms with van der Waals surface area (Å²) in [4.78, 5) is 11.6. The van der Waals surface area contributed by atoms with Gasteiger partial charge >= 0.3 is 5.97 Å². The first-order valence-electron chi connectivity index (χ1n) is 7.62. The van der Waals surface area contributed by atoms with Crippen molar-refractivity contribution in [1.29, 1.82) is 0 Å². The third-order valence-electron chi connectivity index (χ3n) is 3.33. The Hall–Kier alpha value is -0.610. The first kappa shape index (κ1) is 16.4. The van der Waals surface area contributed by atoms with Crippen LogP contribution in [0.1, 0.15) is 72.1 Å². The van der Waals surface area contributed by atoms with Crippen molar-refractivity contribution in [2.75, 3.05) is 6.61 Å². The van der Waals surface area contributed by atoms with Gasteiger partial charge in [0.05, 0.1) is 6.61 Å². The lowest BCUT2D eigenvalue weighted by atomic mass is 10.1. The Morgan fingerprint density at radius 1 is 1.21 bits per heavy atom. The van der Waals surface area contributed by atoms with Crippen molar-refractivity contribution in [3.8, 4) is 0 Å². The number of esters is 1. The number of unbranched alkanes of at least 4 members (excludes halogenated alkanes) is 6. The van der Waals surface area contributed by atoms with Crippen molar-refractivity contribution < 1.29 is 14.3 Å². The molecular formula is C15H29NO3. The zero-order valence-electron chi connectivity index (χ0n) is 12.7. The fourth-order valence-corrected chi connectivity index (χ4v) is 2.15. The number of rotatable bonds is 9.